The van der Waals surface area contributed by atoms with E-state index in [2.05, 4.69) is 0 Å². The molecule has 0 amide bonds. The molecule has 0 radical (unpaired) electrons. The Kier molecular flexibility index (Phi) is 5.88. The van der Waals surface area contributed by atoms with Crippen molar-refractivity contribution in [3.63, 3.8) is 0 Å². The molecule has 0 heterocycles. The van der Waals surface area contributed by atoms with Crippen LogP contribution in [0.25, 0.3) is 0 Å². The van der Waals surface area contributed by atoms with Gasteiger partial charge < -0.3 is 5.73 Å². The zero-order valence-electron chi connectivity index (χ0n) is 14.9. The fraction of sp³-hybridized carbons (Fsp3) is 0.350. The van der Waals surface area contributed by atoms with E-state index in [1.54, 1.807) is 13.8 Å². The first-order chi connectivity index (χ1) is 12.4. The van der Waals surface area contributed by atoms with Gasteiger partial charge in [0.05, 0.1) is 11.6 Å². The maximum Gasteiger partial charge on any atom is 0.406 e. The number of halogens is 5. The van der Waals surface area contributed by atoms with Crippen molar-refractivity contribution in [3.05, 3.63) is 70.0 Å². The average molecular weight is 399 g/mol. The third-order valence-corrected chi connectivity index (χ3v) is 4.99. The zero-order chi connectivity index (χ0) is 20.5. The lowest BCUT2D eigenvalue weighted by molar-refractivity contribution is -0.191. The van der Waals surface area contributed by atoms with Crippen molar-refractivity contribution in [2.75, 3.05) is 0 Å². The van der Waals surface area contributed by atoms with Crippen LogP contribution in [0.4, 0.5) is 17.6 Å². The summed E-state index contributed by atoms with van der Waals surface area (Å²) in [6, 6.07) is 11.3. The van der Waals surface area contributed by atoms with Crippen LogP contribution in [0.15, 0.2) is 42.5 Å². The minimum atomic E-state index is -4.69. The van der Waals surface area contributed by atoms with E-state index in [0.717, 1.165) is 0 Å². The largest absolute Gasteiger partial charge is 0.406 e. The molecule has 2 aromatic carbocycles. The molecule has 2 aromatic rings. The third-order valence-electron chi connectivity index (χ3n) is 4.64. The number of nitrogens with zero attached hydrogens (tertiary/aromatic N) is 1. The van der Waals surface area contributed by atoms with Crippen LogP contribution in [0.1, 0.15) is 37.0 Å². The lowest BCUT2D eigenvalue weighted by Gasteiger charge is -2.39. The first-order valence-electron chi connectivity index (χ1n) is 8.18. The first-order valence-corrected chi connectivity index (χ1v) is 8.56. The molecule has 0 fully saturated rings. The number of alkyl halides is 3. The highest BCUT2D eigenvalue weighted by Crippen LogP contribution is 2.42. The first kappa shape index (κ1) is 21.2. The van der Waals surface area contributed by atoms with E-state index >= 15 is 0 Å². The molecule has 1 atom stereocenters. The van der Waals surface area contributed by atoms with E-state index in [-0.39, 0.29) is 16.1 Å². The predicted octanol–water partition coefficient (Wildman–Crippen LogP) is 5.52. The van der Waals surface area contributed by atoms with E-state index in [4.69, 9.17) is 22.6 Å². The van der Waals surface area contributed by atoms with Crippen LogP contribution in [-0.2, 0) is 11.8 Å². The number of hydrogen-bond acceptors (Lipinski definition) is 2. The molecule has 27 heavy (non-hydrogen) atoms. The number of nitriles is 1. The van der Waals surface area contributed by atoms with Gasteiger partial charge >= 0.3 is 6.18 Å². The predicted molar refractivity (Wildman–Crippen MR) is 96.9 cm³/mol. The molecule has 0 aliphatic heterocycles. The van der Waals surface area contributed by atoms with Gasteiger partial charge in [0.15, 0.2) is 0 Å². The van der Waals surface area contributed by atoms with Gasteiger partial charge in [0.25, 0.3) is 0 Å². The van der Waals surface area contributed by atoms with Crippen molar-refractivity contribution in [1.82, 2.24) is 0 Å². The second-order valence-corrected chi connectivity index (χ2v) is 7.72. The summed E-state index contributed by atoms with van der Waals surface area (Å²) < 4.78 is 54.8. The standard InChI is InChI=1S/C20H19ClF4N2/c1-18(2,15-5-7-16(22)8-6-15)12-19(27,20(23,24)25)10-14-4-3-13(11-26)9-17(14)21/h3-9H,10,12,27H2,1-2H3. The fourth-order valence-corrected chi connectivity index (χ4v) is 3.40. The Labute approximate surface area is 160 Å². The van der Waals surface area contributed by atoms with E-state index in [1.807, 2.05) is 6.07 Å². The molecular formula is C20H19ClF4N2. The molecule has 0 spiro atoms. The van der Waals surface area contributed by atoms with Gasteiger partial charge in [-0.1, -0.05) is 43.6 Å². The van der Waals surface area contributed by atoms with E-state index < -0.39 is 35.8 Å². The lowest BCUT2D eigenvalue weighted by Crippen LogP contribution is -2.58. The van der Waals surface area contributed by atoms with Gasteiger partial charge in [-0.15, -0.1) is 0 Å². The van der Waals surface area contributed by atoms with Crippen LogP contribution in [0.2, 0.25) is 5.02 Å². The highest BCUT2D eigenvalue weighted by Gasteiger charge is 2.54. The zero-order valence-corrected chi connectivity index (χ0v) is 15.6. The molecule has 0 bridgehead atoms. The number of nitrogens with two attached hydrogens (primary N) is 1. The molecule has 2 nitrogen and oxygen atoms in total. The van der Waals surface area contributed by atoms with Gasteiger partial charge in [-0.25, -0.2) is 4.39 Å². The van der Waals surface area contributed by atoms with Crippen molar-refractivity contribution in [1.29, 1.82) is 5.26 Å². The minimum Gasteiger partial charge on any atom is -0.317 e. The monoisotopic (exact) mass is 398 g/mol. The summed E-state index contributed by atoms with van der Waals surface area (Å²) in [5.41, 5.74) is 3.38. The van der Waals surface area contributed by atoms with Crippen molar-refractivity contribution in [2.45, 2.75) is 43.8 Å². The Hall–Kier alpha value is -2.10. The van der Waals surface area contributed by atoms with E-state index in [0.29, 0.717) is 5.56 Å². The highest BCUT2D eigenvalue weighted by molar-refractivity contribution is 6.31. The van der Waals surface area contributed by atoms with Gasteiger partial charge in [-0.2, -0.15) is 18.4 Å². The Morgan fingerprint density at radius 2 is 1.67 bits per heavy atom. The molecular weight excluding hydrogens is 380 g/mol. The van der Waals surface area contributed by atoms with Gasteiger partial charge in [0.2, 0.25) is 0 Å². The molecule has 0 saturated heterocycles. The molecule has 0 aliphatic carbocycles. The molecule has 7 heteroatoms. The third kappa shape index (κ3) is 4.79. The fourth-order valence-electron chi connectivity index (χ4n) is 3.15. The summed E-state index contributed by atoms with van der Waals surface area (Å²) in [5.74, 6) is -0.464. The van der Waals surface area contributed by atoms with Crippen LogP contribution in [0.5, 0.6) is 0 Å². The molecule has 2 N–H and O–H groups in total. The number of benzene rings is 2. The Morgan fingerprint density at radius 1 is 1.07 bits per heavy atom. The minimum absolute atomic E-state index is 0.0627. The van der Waals surface area contributed by atoms with Crippen LogP contribution in [-0.4, -0.2) is 11.7 Å². The van der Waals surface area contributed by atoms with E-state index in [1.165, 1.54) is 42.5 Å². The topological polar surface area (TPSA) is 49.8 Å². The SMILES string of the molecule is CC(C)(CC(N)(Cc1ccc(C#N)cc1Cl)C(F)(F)F)c1ccc(F)cc1. The Bertz CT molecular complexity index is 854. The van der Waals surface area contributed by atoms with E-state index in [9.17, 15) is 17.6 Å². The van der Waals surface area contributed by atoms with Crippen LogP contribution < -0.4 is 5.73 Å². The number of hydrogen-bond donors (Lipinski definition) is 1. The molecule has 144 valence electrons. The van der Waals surface area contributed by atoms with Crippen LogP contribution in [0.3, 0.4) is 0 Å². The Balaban J connectivity index is 2.39. The maximum atomic E-state index is 13.9. The molecule has 2 rings (SSSR count). The van der Waals surface area contributed by atoms with Gasteiger partial charge in [-0.3, -0.25) is 0 Å². The summed E-state index contributed by atoms with van der Waals surface area (Å²) in [5, 5.41) is 8.94. The normalized spacial score (nSPS) is 14.5. The van der Waals surface area contributed by atoms with Gasteiger partial charge in [0.1, 0.15) is 11.4 Å². The van der Waals surface area contributed by atoms with Crippen LogP contribution >= 0.6 is 11.6 Å². The number of rotatable bonds is 5. The summed E-state index contributed by atoms with van der Waals surface area (Å²) in [7, 11) is 0. The Morgan fingerprint density at radius 3 is 2.15 bits per heavy atom. The highest BCUT2D eigenvalue weighted by atomic mass is 35.5. The molecule has 0 saturated carbocycles. The summed E-state index contributed by atoms with van der Waals surface area (Å²) in [6.07, 6.45) is -5.65. The maximum absolute atomic E-state index is 13.9. The summed E-state index contributed by atoms with van der Waals surface area (Å²) in [6.45, 7) is 3.27. The van der Waals surface area contributed by atoms with Crippen molar-refractivity contribution >= 4 is 11.6 Å². The molecule has 0 aliphatic rings. The average Bonchev–Trinajstić information content (AvgIpc) is 2.55. The van der Waals surface area contributed by atoms with Crippen molar-refractivity contribution in [3.8, 4) is 6.07 Å². The molecule has 1 unspecified atom stereocenters. The van der Waals surface area contributed by atoms with Crippen LogP contribution in [0, 0.1) is 17.1 Å². The lowest BCUT2D eigenvalue weighted by atomic mass is 9.72. The van der Waals surface area contributed by atoms with Crippen molar-refractivity contribution in [2.24, 2.45) is 5.73 Å². The summed E-state index contributed by atoms with van der Waals surface area (Å²) in [4.78, 5) is 0. The van der Waals surface area contributed by atoms with Crippen molar-refractivity contribution < 1.29 is 17.6 Å². The molecule has 0 aromatic heterocycles. The smallest absolute Gasteiger partial charge is 0.317 e. The van der Waals surface area contributed by atoms with Gasteiger partial charge in [-0.05, 0) is 47.2 Å². The quantitative estimate of drug-likeness (QED) is 0.674. The van der Waals surface area contributed by atoms with Gasteiger partial charge in [0, 0.05) is 11.4 Å². The summed E-state index contributed by atoms with van der Waals surface area (Å²) >= 11 is 6.05. The second-order valence-electron chi connectivity index (χ2n) is 7.32. The second kappa shape index (κ2) is 7.49.